The highest BCUT2D eigenvalue weighted by Crippen LogP contribution is 2.21. The number of fused-ring (bicyclic) bond motifs is 1. The summed E-state index contributed by atoms with van der Waals surface area (Å²) >= 11 is 0. The van der Waals surface area contributed by atoms with Crippen molar-refractivity contribution in [3.8, 4) is 0 Å². The summed E-state index contributed by atoms with van der Waals surface area (Å²) < 4.78 is 5.01. The van der Waals surface area contributed by atoms with E-state index in [1.807, 2.05) is 12.1 Å². The van der Waals surface area contributed by atoms with Crippen LogP contribution in [0.2, 0.25) is 0 Å². The summed E-state index contributed by atoms with van der Waals surface area (Å²) in [5.74, 6) is 0.468. The summed E-state index contributed by atoms with van der Waals surface area (Å²) in [5, 5.41) is 5.72. The summed E-state index contributed by atoms with van der Waals surface area (Å²) in [5.41, 5.74) is 3.33. The standard InChI is InChI=1S/C16H18N4O2/c1-22-9-14-8-15(18-10-17-14)20-16(21)19-13-6-11-4-2-3-5-12(11)7-13/h2-5,8,10,13H,6-7,9H2,1H3,(H2,17,18,19,20,21). The van der Waals surface area contributed by atoms with Crippen LogP contribution >= 0.6 is 0 Å². The molecule has 2 N–H and O–H groups in total. The van der Waals surface area contributed by atoms with E-state index in [-0.39, 0.29) is 12.1 Å². The largest absolute Gasteiger partial charge is 0.378 e. The molecule has 2 aromatic rings. The van der Waals surface area contributed by atoms with Gasteiger partial charge in [-0.3, -0.25) is 5.32 Å². The second-order valence-electron chi connectivity index (χ2n) is 5.30. The van der Waals surface area contributed by atoms with E-state index in [0.29, 0.717) is 12.4 Å². The zero-order valence-electron chi connectivity index (χ0n) is 12.4. The Morgan fingerprint density at radius 1 is 1.27 bits per heavy atom. The Hall–Kier alpha value is -2.47. The van der Waals surface area contributed by atoms with Gasteiger partial charge >= 0.3 is 6.03 Å². The first-order chi connectivity index (χ1) is 10.7. The van der Waals surface area contributed by atoms with Crippen LogP contribution in [0, 0.1) is 0 Å². The third kappa shape index (κ3) is 3.40. The van der Waals surface area contributed by atoms with E-state index in [1.165, 1.54) is 17.5 Å². The molecule has 0 bridgehead atoms. The average Bonchev–Trinajstić information content (AvgIpc) is 2.89. The maximum Gasteiger partial charge on any atom is 0.320 e. The van der Waals surface area contributed by atoms with Crippen molar-refractivity contribution in [2.75, 3.05) is 12.4 Å². The SMILES string of the molecule is COCc1cc(NC(=O)NC2Cc3ccccc3C2)ncn1. The highest BCUT2D eigenvalue weighted by molar-refractivity contribution is 5.88. The van der Waals surface area contributed by atoms with Crippen LogP contribution in [0.25, 0.3) is 0 Å². The summed E-state index contributed by atoms with van der Waals surface area (Å²) in [6.07, 6.45) is 3.14. The van der Waals surface area contributed by atoms with Crippen LogP contribution in [0.3, 0.4) is 0 Å². The summed E-state index contributed by atoms with van der Waals surface area (Å²) in [6.45, 7) is 0.386. The fraction of sp³-hybridized carbons (Fsp3) is 0.312. The number of carbonyl (C=O) groups is 1. The zero-order valence-corrected chi connectivity index (χ0v) is 12.4. The summed E-state index contributed by atoms with van der Waals surface area (Å²) in [4.78, 5) is 20.2. The van der Waals surface area contributed by atoms with Gasteiger partial charge in [-0.25, -0.2) is 14.8 Å². The number of amides is 2. The van der Waals surface area contributed by atoms with Crippen molar-refractivity contribution in [1.29, 1.82) is 0 Å². The topological polar surface area (TPSA) is 76.1 Å². The molecule has 1 aromatic heterocycles. The fourth-order valence-corrected chi connectivity index (χ4v) is 2.69. The Morgan fingerprint density at radius 3 is 2.68 bits per heavy atom. The molecule has 6 nitrogen and oxygen atoms in total. The van der Waals surface area contributed by atoms with Crippen molar-refractivity contribution in [2.24, 2.45) is 0 Å². The minimum absolute atomic E-state index is 0.123. The number of hydrogen-bond donors (Lipinski definition) is 2. The van der Waals surface area contributed by atoms with Crippen LogP contribution in [0.15, 0.2) is 36.7 Å². The number of benzene rings is 1. The van der Waals surface area contributed by atoms with E-state index in [4.69, 9.17) is 4.74 Å². The molecule has 6 heteroatoms. The predicted molar refractivity (Wildman–Crippen MR) is 82.5 cm³/mol. The van der Waals surface area contributed by atoms with Crippen molar-refractivity contribution in [3.05, 3.63) is 53.5 Å². The van der Waals surface area contributed by atoms with E-state index in [0.717, 1.165) is 18.5 Å². The minimum atomic E-state index is -0.250. The van der Waals surface area contributed by atoms with Gasteiger partial charge in [0.1, 0.15) is 12.1 Å². The number of hydrogen-bond acceptors (Lipinski definition) is 4. The Bertz CT molecular complexity index is 650. The molecular formula is C16H18N4O2. The maximum atomic E-state index is 12.1. The molecule has 3 rings (SSSR count). The number of rotatable bonds is 4. The third-order valence-corrected chi connectivity index (χ3v) is 3.64. The lowest BCUT2D eigenvalue weighted by atomic mass is 10.1. The fourth-order valence-electron chi connectivity index (χ4n) is 2.69. The monoisotopic (exact) mass is 298 g/mol. The maximum absolute atomic E-state index is 12.1. The zero-order chi connectivity index (χ0) is 15.4. The van der Waals surface area contributed by atoms with Gasteiger partial charge in [0, 0.05) is 19.2 Å². The van der Waals surface area contributed by atoms with Gasteiger partial charge in [0.25, 0.3) is 0 Å². The van der Waals surface area contributed by atoms with Crippen LogP contribution in [0.5, 0.6) is 0 Å². The van der Waals surface area contributed by atoms with Crippen LogP contribution < -0.4 is 10.6 Å². The number of urea groups is 1. The lowest BCUT2D eigenvalue weighted by Gasteiger charge is -2.13. The second kappa shape index (κ2) is 6.53. The molecule has 0 saturated carbocycles. The van der Waals surface area contributed by atoms with E-state index in [1.54, 1.807) is 13.2 Å². The number of nitrogens with one attached hydrogen (secondary N) is 2. The molecule has 0 radical (unpaired) electrons. The Morgan fingerprint density at radius 2 is 2.00 bits per heavy atom. The summed E-state index contributed by atoms with van der Waals surface area (Å²) in [6, 6.07) is 9.84. The Kier molecular flexibility index (Phi) is 4.29. The molecule has 2 amide bonds. The Balaban J connectivity index is 1.56. The van der Waals surface area contributed by atoms with Gasteiger partial charge in [0.05, 0.1) is 12.3 Å². The van der Waals surface area contributed by atoms with E-state index in [2.05, 4.69) is 32.7 Å². The van der Waals surface area contributed by atoms with Crippen molar-refractivity contribution in [3.63, 3.8) is 0 Å². The molecule has 1 aliphatic rings. The summed E-state index contributed by atoms with van der Waals surface area (Å²) in [7, 11) is 1.60. The van der Waals surface area contributed by atoms with Gasteiger partial charge in [0.15, 0.2) is 0 Å². The van der Waals surface area contributed by atoms with Gasteiger partial charge in [-0.05, 0) is 24.0 Å². The van der Waals surface area contributed by atoms with E-state index < -0.39 is 0 Å². The smallest absolute Gasteiger partial charge is 0.320 e. The van der Waals surface area contributed by atoms with Crippen molar-refractivity contribution >= 4 is 11.8 Å². The van der Waals surface area contributed by atoms with Gasteiger partial charge in [0.2, 0.25) is 0 Å². The minimum Gasteiger partial charge on any atom is -0.378 e. The highest BCUT2D eigenvalue weighted by Gasteiger charge is 2.22. The normalized spacial score (nSPS) is 13.7. The van der Waals surface area contributed by atoms with Crippen LogP contribution in [0.1, 0.15) is 16.8 Å². The quantitative estimate of drug-likeness (QED) is 0.904. The first kappa shape index (κ1) is 14.5. The second-order valence-corrected chi connectivity index (χ2v) is 5.30. The van der Waals surface area contributed by atoms with Crippen LogP contribution in [0.4, 0.5) is 10.6 Å². The predicted octanol–water partition coefficient (Wildman–Crippen LogP) is 1.91. The molecule has 22 heavy (non-hydrogen) atoms. The molecular weight excluding hydrogens is 280 g/mol. The van der Waals surface area contributed by atoms with Crippen molar-refractivity contribution in [1.82, 2.24) is 15.3 Å². The number of nitrogens with zero attached hydrogens (tertiary/aromatic N) is 2. The molecule has 0 unspecified atom stereocenters. The molecule has 114 valence electrons. The number of carbonyl (C=O) groups excluding carboxylic acids is 1. The molecule has 1 aliphatic carbocycles. The van der Waals surface area contributed by atoms with Gasteiger partial charge in [-0.15, -0.1) is 0 Å². The van der Waals surface area contributed by atoms with Gasteiger partial charge < -0.3 is 10.1 Å². The third-order valence-electron chi connectivity index (χ3n) is 3.64. The number of aromatic nitrogens is 2. The molecule has 0 fully saturated rings. The Labute approximate surface area is 128 Å². The lowest BCUT2D eigenvalue weighted by Crippen LogP contribution is -2.38. The van der Waals surface area contributed by atoms with Crippen LogP contribution in [-0.4, -0.2) is 29.2 Å². The van der Waals surface area contributed by atoms with Crippen molar-refractivity contribution < 1.29 is 9.53 Å². The molecule has 1 heterocycles. The first-order valence-corrected chi connectivity index (χ1v) is 7.19. The first-order valence-electron chi connectivity index (χ1n) is 7.19. The molecule has 0 saturated heterocycles. The van der Waals surface area contributed by atoms with E-state index >= 15 is 0 Å². The number of methoxy groups -OCH3 is 1. The van der Waals surface area contributed by atoms with Gasteiger partial charge in [-0.2, -0.15) is 0 Å². The molecule has 0 atom stereocenters. The van der Waals surface area contributed by atoms with E-state index in [9.17, 15) is 4.79 Å². The highest BCUT2D eigenvalue weighted by atomic mass is 16.5. The molecule has 0 aliphatic heterocycles. The number of ether oxygens (including phenoxy) is 1. The van der Waals surface area contributed by atoms with Crippen LogP contribution in [-0.2, 0) is 24.2 Å². The van der Waals surface area contributed by atoms with Crippen molar-refractivity contribution in [2.45, 2.75) is 25.5 Å². The van der Waals surface area contributed by atoms with Gasteiger partial charge in [-0.1, -0.05) is 24.3 Å². The molecule has 0 spiro atoms. The lowest BCUT2D eigenvalue weighted by molar-refractivity contribution is 0.181. The number of anilines is 1. The average molecular weight is 298 g/mol. The molecule has 1 aromatic carbocycles.